The summed E-state index contributed by atoms with van der Waals surface area (Å²) >= 11 is 1.70. The Bertz CT molecular complexity index is 536. The third-order valence-corrected chi connectivity index (χ3v) is 6.28. The van der Waals surface area contributed by atoms with Gasteiger partial charge in [-0.3, -0.25) is 0 Å². The van der Waals surface area contributed by atoms with E-state index in [1.165, 1.54) is 0 Å². The molecule has 23 heavy (non-hydrogen) atoms. The first-order valence-electron chi connectivity index (χ1n) is 8.48. The van der Waals surface area contributed by atoms with E-state index in [0.717, 1.165) is 41.3 Å². The Balaban J connectivity index is 1.98. The zero-order valence-corrected chi connectivity index (χ0v) is 15.6. The first-order chi connectivity index (χ1) is 10.8. The van der Waals surface area contributed by atoms with Crippen LogP contribution < -0.4 is 5.32 Å². The molecule has 1 unspecified atom stereocenters. The molecule has 2 amide bonds. The molecule has 2 rings (SSSR count). The van der Waals surface area contributed by atoms with Gasteiger partial charge in [0.1, 0.15) is 0 Å². The quantitative estimate of drug-likeness (QED) is 0.881. The molecule has 2 N–H and O–H groups in total. The van der Waals surface area contributed by atoms with Crippen molar-refractivity contribution in [2.75, 3.05) is 7.05 Å². The van der Waals surface area contributed by atoms with E-state index in [4.69, 9.17) is 0 Å². The highest BCUT2D eigenvalue weighted by Gasteiger charge is 2.26. The van der Waals surface area contributed by atoms with Crippen molar-refractivity contribution >= 4 is 17.4 Å². The van der Waals surface area contributed by atoms with Gasteiger partial charge in [-0.05, 0) is 39.5 Å². The van der Waals surface area contributed by atoms with Gasteiger partial charge in [0.15, 0.2) is 0 Å². The summed E-state index contributed by atoms with van der Waals surface area (Å²) in [6.45, 7) is 8.35. The van der Waals surface area contributed by atoms with Crippen LogP contribution >= 0.6 is 11.3 Å². The fourth-order valence-electron chi connectivity index (χ4n) is 2.91. The second kappa shape index (κ2) is 7.62. The lowest BCUT2D eigenvalue weighted by Gasteiger charge is -2.30. The van der Waals surface area contributed by atoms with Crippen molar-refractivity contribution in [3.05, 3.63) is 15.6 Å². The number of aliphatic hydroxyl groups excluding tert-OH is 1. The van der Waals surface area contributed by atoms with Crippen LogP contribution in [0.25, 0.3) is 0 Å². The molecule has 1 atom stereocenters. The predicted octanol–water partition coefficient (Wildman–Crippen LogP) is 3.58. The molecule has 0 bridgehead atoms. The van der Waals surface area contributed by atoms with E-state index in [9.17, 15) is 9.90 Å². The van der Waals surface area contributed by atoms with Gasteiger partial charge in [-0.1, -0.05) is 13.8 Å². The minimum atomic E-state index is -0.200. The van der Waals surface area contributed by atoms with Crippen molar-refractivity contribution < 1.29 is 9.90 Å². The molecule has 1 heterocycles. The van der Waals surface area contributed by atoms with Crippen molar-refractivity contribution in [2.24, 2.45) is 0 Å². The summed E-state index contributed by atoms with van der Waals surface area (Å²) in [5, 5.41) is 13.8. The third-order valence-electron chi connectivity index (χ3n) is 4.65. The molecule has 0 aliphatic heterocycles. The Morgan fingerprint density at radius 2 is 1.91 bits per heavy atom. The van der Waals surface area contributed by atoms with Crippen molar-refractivity contribution in [1.29, 1.82) is 0 Å². The van der Waals surface area contributed by atoms with Gasteiger partial charge in [0.25, 0.3) is 0 Å². The van der Waals surface area contributed by atoms with Crippen LogP contribution in [0, 0.1) is 6.92 Å². The van der Waals surface area contributed by atoms with Gasteiger partial charge in [-0.25, -0.2) is 9.78 Å². The SMILES string of the molecule is Cc1nc(C(C)C)sc1C(C)N(C)C(=O)NC1CCC(O)CC1. The van der Waals surface area contributed by atoms with Crippen molar-refractivity contribution in [3.8, 4) is 0 Å². The number of nitrogens with zero attached hydrogens (tertiary/aromatic N) is 2. The second-order valence-corrected chi connectivity index (χ2v) is 7.96. The van der Waals surface area contributed by atoms with Crippen LogP contribution in [0.15, 0.2) is 0 Å². The normalized spacial score (nSPS) is 22.9. The lowest BCUT2D eigenvalue weighted by atomic mass is 9.93. The van der Waals surface area contributed by atoms with Crippen LogP contribution in [0.2, 0.25) is 0 Å². The lowest BCUT2D eigenvalue weighted by molar-refractivity contribution is 0.115. The maximum atomic E-state index is 12.5. The Kier molecular flexibility index (Phi) is 6.03. The first kappa shape index (κ1) is 18.2. The van der Waals surface area contributed by atoms with E-state index in [1.54, 1.807) is 16.2 Å². The highest BCUT2D eigenvalue weighted by Crippen LogP contribution is 2.32. The maximum absolute atomic E-state index is 12.5. The monoisotopic (exact) mass is 339 g/mol. The minimum absolute atomic E-state index is 0.00850. The number of aromatic nitrogens is 1. The zero-order valence-electron chi connectivity index (χ0n) is 14.8. The van der Waals surface area contributed by atoms with E-state index < -0.39 is 0 Å². The van der Waals surface area contributed by atoms with Crippen molar-refractivity contribution in [1.82, 2.24) is 15.2 Å². The summed E-state index contributed by atoms with van der Waals surface area (Å²) in [6, 6.07) is 0.140. The van der Waals surface area contributed by atoms with Crippen LogP contribution in [-0.4, -0.2) is 40.2 Å². The summed E-state index contributed by atoms with van der Waals surface area (Å²) in [4.78, 5) is 20.0. The number of urea groups is 1. The van der Waals surface area contributed by atoms with E-state index in [0.29, 0.717) is 5.92 Å². The van der Waals surface area contributed by atoms with Crippen LogP contribution in [0.3, 0.4) is 0 Å². The largest absolute Gasteiger partial charge is 0.393 e. The van der Waals surface area contributed by atoms with Gasteiger partial charge in [0, 0.05) is 23.9 Å². The smallest absolute Gasteiger partial charge is 0.317 e. The maximum Gasteiger partial charge on any atom is 0.317 e. The minimum Gasteiger partial charge on any atom is -0.393 e. The lowest BCUT2D eigenvalue weighted by Crippen LogP contribution is -2.45. The molecule has 1 aromatic heterocycles. The Morgan fingerprint density at radius 1 is 1.30 bits per heavy atom. The summed E-state index contributed by atoms with van der Waals surface area (Å²) in [7, 11) is 1.84. The molecule has 1 aromatic rings. The Labute approximate surface area is 143 Å². The van der Waals surface area contributed by atoms with Crippen molar-refractivity contribution in [2.45, 2.75) is 77.5 Å². The molecular weight excluding hydrogens is 310 g/mol. The summed E-state index contributed by atoms with van der Waals surface area (Å²) in [5.41, 5.74) is 1.02. The summed E-state index contributed by atoms with van der Waals surface area (Å²) < 4.78 is 0. The Hall–Kier alpha value is -1.14. The molecule has 5 nitrogen and oxygen atoms in total. The fraction of sp³-hybridized carbons (Fsp3) is 0.765. The molecule has 1 aliphatic carbocycles. The number of rotatable bonds is 4. The number of aliphatic hydroxyl groups is 1. The number of carbonyl (C=O) groups is 1. The average Bonchev–Trinajstić information content (AvgIpc) is 2.90. The fourth-order valence-corrected chi connectivity index (χ4v) is 4.08. The molecule has 0 radical (unpaired) electrons. The van der Waals surface area contributed by atoms with Gasteiger partial charge < -0.3 is 15.3 Å². The molecule has 1 fully saturated rings. The molecule has 1 aliphatic rings. The van der Waals surface area contributed by atoms with Crippen LogP contribution in [0.4, 0.5) is 4.79 Å². The highest BCUT2D eigenvalue weighted by atomic mass is 32.1. The number of hydrogen-bond acceptors (Lipinski definition) is 4. The molecule has 0 spiro atoms. The van der Waals surface area contributed by atoms with Crippen LogP contribution in [0.5, 0.6) is 0 Å². The topological polar surface area (TPSA) is 65.5 Å². The number of carbonyl (C=O) groups excluding carboxylic acids is 1. The Morgan fingerprint density at radius 3 is 2.43 bits per heavy atom. The summed E-state index contributed by atoms with van der Waals surface area (Å²) in [6.07, 6.45) is 3.05. The molecule has 0 aromatic carbocycles. The molecule has 1 saturated carbocycles. The predicted molar refractivity (Wildman–Crippen MR) is 93.9 cm³/mol. The number of hydrogen-bond donors (Lipinski definition) is 2. The van der Waals surface area contributed by atoms with Crippen LogP contribution in [0.1, 0.15) is 74.0 Å². The number of nitrogens with one attached hydrogen (secondary N) is 1. The van der Waals surface area contributed by atoms with E-state index >= 15 is 0 Å². The van der Waals surface area contributed by atoms with E-state index in [2.05, 4.69) is 31.1 Å². The van der Waals surface area contributed by atoms with E-state index in [1.807, 2.05) is 14.0 Å². The summed E-state index contributed by atoms with van der Waals surface area (Å²) in [5.74, 6) is 0.410. The molecule has 130 valence electrons. The van der Waals surface area contributed by atoms with Gasteiger partial charge >= 0.3 is 6.03 Å². The highest BCUT2D eigenvalue weighted by molar-refractivity contribution is 7.11. The number of thiazole rings is 1. The molecule has 0 saturated heterocycles. The van der Waals surface area contributed by atoms with Crippen LogP contribution in [-0.2, 0) is 0 Å². The molecular formula is C17H29N3O2S. The number of aryl methyl sites for hydroxylation is 1. The standard InChI is InChI=1S/C17H29N3O2S/c1-10(2)16-18-11(3)15(23-16)12(4)20(5)17(22)19-13-6-8-14(21)9-7-13/h10,12-14,21H,6-9H2,1-5H3,(H,19,22). The van der Waals surface area contributed by atoms with Gasteiger partial charge in [0.05, 0.1) is 22.8 Å². The first-order valence-corrected chi connectivity index (χ1v) is 9.29. The van der Waals surface area contributed by atoms with Gasteiger partial charge in [-0.2, -0.15) is 0 Å². The zero-order chi connectivity index (χ0) is 17.1. The second-order valence-electron chi connectivity index (χ2n) is 6.90. The van der Waals surface area contributed by atoms with E-state index in [-0.39, 0.29) is 24.2 Å². The van der Waals surface area contributed by atoms with Gasteiger partial charge in [0.2, 0.25) is 0 Å². The number of amides is 2. The average molecular weight is 340 g/mol. The van der Waals surface area contributed by atoms with Crippen molar-refractivity contribution in [3.63, 3.8) is 0 Å². The van der Waals surface area contributed by atoms with Gasteiger partial charge in [-0.15, -0.1) is 11.3 Å². The third kappa shape index (κ3) is 4.44. The molecule has 6 heteroatoms.